The van der Waals surface area contributed by atoms with Crippen LogP contribution in [0.2, 0.25) is 0 Å². The third-order valence-corrected chi connectivity index (χ3v) is 2.97. The molecule has 0 radical (unpaired) electrons. The van der Waals surface area contributed by atoms with Gasteiger partial charge in [0, 0.05) is 18.8 Å². The zero-order valence-corrected chi connectivity index (χ0v) is 10.3. The molecule has 0 aliphatic carbocycles. The molecule has 0 spiro atoms. The van der Waals surface area contributed by atoms with Gasteiger partial charge >= 0.3 is 0 Å². The summed E-state index contributed by atoms with van der Waals surface area (Å²) < 4.78 is 0. The van der Waals surface area contributed by atoms with Crippen LogP contribution in [0.25, 0.3) is 0 Å². The molecule has 1 aromatic carbocycles. The number of hydrogen-bond donors (Lipinski definition) is 2. The highest BCUT2D eigenvalue weighted by Crippen LogP contribution is 2.27. The number of nitrogens with zero attached hydrogens (tertiary/aromatic N) is 1. The summed E-state index contributed by atoms with van der Waals surface area (Å²) in [5.74, 6) is -0.124. The van der Waals surface area contributed by atoms with Crippen LogP contribution in [0.4, 0.5) is 5.69 Å². The van der Waals surface area contributed by atoms with Gasteiger partial charge in [0.05, 0.1) is 12.5 Å². The zero-order valence-electron chi connectivity index (χ0n) is 10.3. The molecule has 5 nitrogen and oxygen atoms in total. The Morgan fingerprint density at radius 1 is 1.50 bits per heavy atom. The van der Waals surface area contributed by atoms with Gasteiger partial charge in [-0.2, -0.15) is 0 Å². The number of hydrogen-bond acceptors (Lipinski definition) is 3. The molecule has 0 saturated carbocycles. The minimum absolute atomic E-state index is 0.0752. The van der Waals surface area contributed by atoms with Crippen molar-refractivity contribution in [1.29, 1.82) is 0 Å². The molecular weight excluding hydrogens is 230 g/mol. The number of carbonyl (C=O) groups is 2. The standard InChI is InChI=1S/C13H17N3O2/c1-9(14)13(18)15-6-7-16-11-5-3-2-4-10(11)8-12(16)17/h2-5,9H,6-8,14H2,1H3,(H,15,18)/t9-/m0/s1. The zero-order chi connectivity index (χ0) is 13.1. The molecule has 1 heterocycles. The molecule has 1 atom stereocenters. The van der Waals surface area contributed by atoms with E-state index in [0.29, 0.717) is 19.5 Å². The molecule has 18 heavy (non-hydrogen) atoms. The Kier molecular flexibility index (Phi) is 3.62. The summed E-state index contributed by atoms with van der Waals surface area (Å²) in [5, 5.41) is 2.70. The van der Waals surface area contributed by atoms with Crippen LogP contribution in [-0.2, 0) is 16.0 Å². The molecule has 2 rings (SSSR count). The van der Waals surface area contributed by atoms with E-state index in [1.54, 1.807) is 11.8 Å². The fourth-order valence-electron chi connectivity index (χ4n) is 2.01. The summed E-state index contributed by atoms with van der Waals surface area (Å²) in [5.41, 5.74) is 7.43. The van der Waals surface area contributed by atoms with Gasteiger partial charge < -0.3 is 16.0 Å². The van der Waals surface area contributed by atoms with Crippen molar-refractivity contribution in [3.63, 3.8) is 0 Å². The molecule has 0 bridgehead atoms. The van der Waals surface area contributed by atoms with Gasteiger partial charge in [0.2, 0.25) is 11.8 Å². The van der Waals surface area contributed by atoms with E-state index in [-0.39, 0.29) is 11.8 Å². The van der Waals surface area contributed by atoms with Crippen molar-refractivity contribution in [3.05, 3.63) is 29.8 Å². The van der Waals surface area contributed by atoms with Crippen LogP contribution < -0.4 is 16.0 Å². The van der Waals surface area contributed by atoms with Gasteiger partial charge in [0.25, 0.3) is 0 Å². The average Bonchev–Trinajstić information content (AvgIpc) is 2.65. The predicted octanol–water partition coefficient (Wildman–Crippen LogP) is 0.0391. The van der Waals surface area contributed by atoms with Gasteiger partial charge in [-0.1, -0.05) is 18.2 Å². The number of fused-ring (bicyclic) bond motifs is 1. The fourth-order valence-corrected chi connectivity index (χ4v) is 2.01. The van der Waals surface area contributed by atoms with E-state index in [0.717, 1.165) is 11.3 Å². The van der Waals surface area contributed by atoms with E-state index < -0.39 is 6.04 Å². The van der Waals surface area contributed by atoms with Crippen molar-refractivity contribution in [3.8, 4) is 0 Å². The van der Waals surface area contributed by atoms with Crippen molar-refractivity contribution in [1.82, 2.24) is 5.32 Å². The Bertz CT molecular complexity index is 471. The van der Waals surface area contributed by atoms with Crippen LogP contribution in [0, 0.1) is 0 Å². The second kappa shape index (κ2) is 5.18. The molecule has 5 heteroatoms. The normalized spacial score (nSPS) is 15.4. The quantitative estimate of drug-likeness (QED) is 0.788. The topological polar surface area (TPSA) is 75.4 Å². The monoisotopic (exact) mass is 247 g/mol. The SMILES string of the molecule is C[C@H](N)C(=O)NCCN1C(=O)Cc2ccccc21. The summed E-state index contributed by atoms with van der Waals surface area (Å²) in [6.07, 6.45) is 0.442. The molecule has 2 amide bonds. The fraction of sp³-hybridized carbons (Fsp3) is 0.385. The molecule has 1 aliphatic heterocycles. The lowest BCUT2D eigenvalue weighted by atomic mass is 10.2. The molecule has 1 aliphatic rings. The first-order chi connectivity index (χ1) is 8.59. The number of nitrogens with one attached hydrogen (secondary N) is 1. The van der Waals surface area contributed by atoms with E-state index >= 15 is 0 Å². The minimum Gasteiger partial charge on any atom is -0.353 e. The smallest absolute Gasteiger partial charge is 0.236 e. The molecule has 0 saturated heterocycles. The van der Waals surface area contributed by atoms with E-state index in [2.05, 4.69) is 5.32 Å². The van der Waals surface area contributed by atoms with E-state index in [1.165, 1.54) is 0 Å². The molecule has 3 N–H and O–H groups in total. The van der Waals surface area contributed by atoms with E-state index in [1.807, 2.05) is 24.3 Å². The molecule has 0 aromatic heterocycles. The largest absolute Gasteiger partial charge is 0.353 e. The van der Waals surface area contributed by atoms with Gasteiger partial charge in [-0.15, -0.1) is 0 Å². The third-order valence-electron chi connectivity index (χ3n) is 2.97. The van der Waals surface area contributed by atoms with E-state index in [9.17, 15) is 9.59 Å². The van der Waals surface area contributed by atoms with Gasteiger partial charge in [0.1, 0.15) is 0 Å². The summed E-state index contributed by atoms with van der Waals surface area (Å²) in [7, 11) is 0. The Labute approximate surface area is 106 Å². The van der Waals surface area contributed by atoms with Crippen molar-refractivity contribution < 1.29 is 9.59 Å². The Morgan fingerprint density at radius 2 is 2.22 bits per heavy atom. The number of anilines is 1. The number of amides is 2. The van der Waals surface area contributed by atoms with Crippen LogP contribution in [-0.4, -0.2) is 30.9 Å². The summed E-state index contributed by atoms with van der Waals surface area (Å²) in [4.78, 5) is 24.8. The lowest BCUT2D eigenvalue weighted by molar-refractivity contribution is -0.122. The third kappa shape index (κ3) is 2.51. The lowest BCUT2D eigenvalue weighted by Gasteiger charge is -2.18. The molecular formula is C13H17N3O2. The lowest BCUT2D eigenvalue weighted by Crippen LogP contribution is -2.42. The molecule has 0 fully saturated rings. The van der Waals surface area contributed by atoms with Crippen LogP contribution in [0.3, 0.4) is 0 Å². The van der Waals surface area contributed by atoms with Crippen molar-refractivity contribution in [2.24, 2.45) is 5.73 Å². The first-order valence-electron chi connectivity index (χ1n) is 6.01. The van der Waals surface area contributed by atoms with Crippen LogP contribution in [0.15, 0.2) is 24.3 Å². The van der Waals surface area contributed by atoms with Crippen molar-refractivity contribution >= 4 is 17.5 Å². The Balaban J connectivity index is 1.94. The molecule has 96 valence electrons. The second-order valence-electron chi connectivity index (χ2n) is 4.43. The van der Waals surface area contributed by atoms with Crippen LogP contribution in [0.1, 0.15) is 12.5 Å². The van der Waals surface area contributed by atoms with Gasteiger partial charge in [0.15, 0.2) is 0 Å². The van der Waals surface area contributed by atoms with Gasteiger partial charge in [-0.25, -0.2) is 0 Å². The maximum Gasteiger partial charge on any atom is 0.236 e. The first kappa shape index (κ1) is 12.6. The highest BCUT2D eigenvalue weighted by molar-refractivity contribution is 6.01. The highest BCUT2D eigenvalue weighted by Gasteiger charge is 2.26. The maximum absolute atomic E-state index is 11.8. The van der Waals surface area contributed by atoms with Crippen molar-refractivity contribution in [2.75, 3.05) is 18.0 Å². The van der Waals surface area contributed by atoms with E-state index in [4.69, 9.17) is 5.73 Å². The van der Waals surface area contributed by atoms with Crippen LogP contribution in [0.5, 0.6) is 0 Å². The Morgan fingerprint density at radius 3 is 2.94 bits per heavy atom. The van der Waals surface area contributed by atoms with Crippen molar-refractivity contribution in [2.45, 2.75) is 19.4 Å². The predicted molar refractivity (Wildman–Crippen MR) is 69.2 cm³/mol. The summed E-state index contributed by atoms with van der Waals surface area (Å²) >= 11 is 0. The summed E-state index contributed by atoms with van der Waals surface area (Å²) in [6.45, 7) is 2.53. The van der Waals surface area contributed by atoms with Crippen LogP contribution >= 0.6 is 0 Å². The molecule has 1 aromatic rings. The molecule has 0 unspecified atom stereocenters. The number of carbonyl (C=O) groups excluding carboxylic acids is 2. The number of rotatable bonds is 4. The number of benzene rings is 1. The number of nitrogens with two attached hydrogens (primary N) is 1. The van der Waals surface area contributed by atoms with Gasteiger partial charge in [-0.05, 0) is 18.6 Å². The first-order valence-corrected chi connectivity index (χ1v) is 6.01. The highest BCUT2D eigenvalue weighted by atomic mass is 16.2. The minimum atomic E-state index is -0.522. The maximum atomic E-state index is 11.8. The average molecular weight is 247 g/mol. The number of para-hydroxylation sites is 1. The Hall–Kier alpha value is -1.88. The second-order valence-corrected chi connectivity index (χ2v) is 4.43. The van der Waals surface area contributed by atoms with Gasteiger partial charge in [-0.3, -0.25) is 9.59 Å². The summed E-state index contributed by atoms with van der Waals surface area (Å²) in [6, 6.07) is 7.19.